The molecule has 1 atom stereocenters. The molecule has 1 saturated heterocycles. The van der Waals surface area contributed by atoms with Crippen molar-refractivity contribution in [3.05, 3.63) is 34.3 Å². The molecule has 13 heavy (non-hydrogen) atoms. The predicted octanol–water partition coefficient (Wildman–Crippen LogP) is 3.07. The van der Waals surface area contributed by atoms with Crippen LogP contribution in [0, 0.1) is 6.92 Å². The average Bonchev–Trinajstić information content (AvgIpc) is 2.62. The Morgan fingerprint density at radius 2 is 2.31 bits per heavy atom. The number of benzene rings is 1. The third-order valence-corrected chi connectivity index (χ3v) is 3.17. The molecule has 1 aromatic rings. The summed E-state index contributed by atoms with van der Waals surface area (Å²) in [5, 5.41) is 4.39. The van der Waals surface area contributed by atoms with E-state index in [-0.39, 0.29) is 0 Å². The van der Waals surface area contributed by atoms with Gasteiger partial charge in [0.25, 0.3) is 0 Å². The summed E-state index contributed by atoms with van der Waals surface area (Å²) in [6, 6.07) is 6.74. The zero-order valence-corrected chi connectivity index (χ0v) is 8.56. The second-order valence-corrected chi connectivity index (χ2v) is 4.01. The van der Waals surface area contributed by atoms with Crippen molar-refractivity contribution < 1.29 is 0 Å². The molecule has 0 amide bonds. The lowest BCUT2D eigenvalue weighted by Gasteiger charge is -2.13. The summed E-state index contributed by atoms with van der Waals surface area (Å²) in [6.07, 6.45) is 2.47. The van der Waals surface area contributed by atoms with E-state index in [1.807, 2.05) is 0 Å². The van der Waals surface area contributed by atoms with E-state index < -0.39 is 0 Å². The summed E-state index contributed by atoms with van der Waals surface area (Å²) in [4.78, 5) is 0. The lowest BCUT2D eigenvalue weighted by molar-refractivity contribution is 0.647. The van der Waals surface area contributed by atoms with Crippen LogP contribution in [0.2, 0.25) is 5.02 Å². The zero-order valence-electron chi connectivity index (χ0n) is 7.81. The van der Waals surface area contributed by atoms with Crippen molar-refractivity contribution in [3.63, 3.8) is 0 Å². The number of aryl methyl sites for hydroxylation is 1. The van der Waals surface area contributed by atoms with Crippen LogP contribution in [0.1, 0.15) is 30.0 Å². The van der Waals surface area contributed by atoms with E-state index in [4.69, 9.17) is 11.6 Å². The third kappa shape index (κ3) is 1.72. The Bertz CT molecular complexity index is 303. The fraction of sp³-hybridized carbons (Fsp3) is 0.455. The van der Waals surface area contributed by atoms with E-state index in [9.17, 15) is 0 Å². The first kappa shape index (κ1) is 9.04. The quantitative estimate of drug-likeness (QED) is 0.727. The topological polar surface area (TPSA) is 12.0 Å². The van der Waals surface area contributed by atoms with Crippen LogP contribution in [0.4, 0.5) is 0 Å². The van der Waals surface area contributed by atoms with E-state index in [0.717, 1.165) is 11.6 Å². The Morgan fingerprint density at radius 3 is 3.00 bits per heavy atom. The van der Waals surface area contributed by atoms with Gasteiger partial charge < -0.3 is 5.32 Å². The first-order valence-corrected chi connectivity index (χ1v) is 5.15. The van der Waals surface area contributed by atoms with E-state index in [1.165, 1.54) is 24.0 Å². The van der Waals surface area contributed by atoms with Gasteiger partial charge in [-0.1, -0.05) is 29.8 Å². The molecular weight excluding hydrogens is 182 g/mol. The summed E-state index contributed by atoms with van der Waals surface area (Å²) >= 11 is 6.23. The summed E-state index contributed by atoms with van der Waals surface area (Å²) in [7, 11) is 0. The smallest absolute Gasteiger partial charge is 0.0482 e. The lowest BCUT2D eigenvalue weighted by Crippen LogP contribution is -2.13. The summed E-state index contributed by atoms with van der Waals surface area (Å²) < 4.78 is 0. The van der Waals surface area contributed by atoms with E-state index in [2.05, 4.69) is 30.4 Å². The third-order valence-electron chi connectivity index (χ3n) is 2.66. The molecule has 1 aliphatic heterocycles. The SMILES string of the molecule is Cc1cccc([C@@H]2CCCN2)c1Cl. The van der Waals surface area contributed by atoms with Gasteiger partial charge in [-0.2, -0.15) is 0 Å². The standard InChI is InChI=1S/C11H14ClN/c1-8-4-2-5-9(11(8)12)10-6-3-7-13-10/h2,4-5,10,13H,3,6-7H2,1H3/t10-/m0/s1. The fourth-order valence-corrected chi connectivity index (χ4v) is 2.15. The summed E-state index contributed by atoms with van der Waals surface area (Å²) in [5.41, 5.74) is 2.44. The van der Waals surface area contributed by atoms with Gasteiger partial charge in [0.1, 0.15) is 0 Å². The van der Waals surface area contributed by atoms with Gasteiger partial charge in [0.05, 0.1) is 0 Å². The maximum atomic E-state index is 6.23. The van der Waals surface area contributed by atoms with Gasteiger partial charge in [-0.3, -0.25) is 0 Å². The second kappa shape index (κ2) is 3.69. The van der Waals surface area contributed by atoms with Gasteiger partial charge in [0.15, 0.2) is 0 Å². The van der Waals surface area contributed by atoms with Crippen LogP contribution in [-0.4, -0.2) is 6.54 Å². The largest absolute Gasteiger partial charge is 0.310 e. The monoisotopic (exact) mass is 195 g/mol. The van der Waals surface area contributed by atoms with Crippen LogP contribution in [-0.2, 0) is 0 Å². The average molecular weight is 196 g/mol. The molecule has 2 rings (SSSR count). The van der Waals surface area contributed by atoms with Crippen LogP contribution < -0.4 is 5.32 Å². The van der Waals surface area contributed by atoms with Gasteiger partial charge in [-0.05, 0) is 37.4 Å². The minimum atomic E-state index is 0.479. The molecule has 0 unspecified atom stereocenters. The number of halogens is 1. The van der Waals surface area contributed by atoms with Crippen LogP contribution in [0.5, 0.6) is 0 Å². The van der Waals surface area contributed by atoms with Gasteiger partial charge in [0.2, 0.25) is 0 Å². The molecule has 0 saturated carbocycles. The van der Waals surface area contributed by atoms with Crippen molar-refractivity contribution in [2.45, 2.75) is 25.8 Å². The predicted molar refractivity (Wildman–Crippen MR) is 56.2 cm³/mol. The maximum absolute atomic E-state index is 6.23. The molecule has 1 N–H and O–H groups in total. The van der Waals surface area contributed by atoms with Gasteiger partial charge >= 0.3 is 0 Å². The molecule has 1 nitrogen and oxygen atoms in total. The van der Waals surface area contributed by atoms with Crippen LogP contribution in [0.25, 0.3) is 0 Å². The van der Waals surface area contributed by atoms with Crippen LogP contribution in [0.15, 0.2) is 18.2 Å². The second-order valence-electron chi connectivity index (χ2n) is 3.63. The van der Waals surface area contributed by atoms with Crippen molar-refractivity contribution in [1.29, 1.82) is 0 Å². The van der Waals surface area contributed by atoms with Gasteiger partial charge in [0, 0.05) is 11.1 Å². The van der Waals surface area contributed by atoms with E-state index in [1.54, 1.807) is 0 Å². The number of rotatable bonds is 1. The fourth-order valence-electron chi connectivity index (χ4n) is 1.89. The molecular formula is C11H14ClN. The number of nitrogens with one attached hydrogen (secondary N) is 1. The molecule has 0 aromatic heterocycles. The maximum Gasteiger partial charge on any atom is 0.0482 e. The minimum absolute atomic E-state index is 0.479. The molecule has 0 radical (unpaired) electrons. The van der Waals surface area contributed by atoms with Crippen molar-refractivity contribution in [2.24, 2.45) is 0 Å². The highest BCUT2D eigenvalue weighted by molar-refractivity contribution is 6.32. The Labute approximate surface area is 84.1 Å². The van der Waals surface area contributed by atoms with Gasteiger partial charge in [-0.25, -0.2) is 0 Å². The molecule has 2 heteroatoms. The zero-order chi connectivity index (χ0) is 9.26. The highest BCUT2D eigenvalue weighted by Gasteiger charge is 2.18. The van der Waals surface area contributed by atoms with E-state index >= 15 is 0 Å². The lowest BCUT2D eigenvalue weighted by atomic mass is 10.0. The molecule has 70 valence electrons. The Balaban J connectivity index is 2.33. The Morgan fingerprint density at radius 1 is 1.46 bits per heavy atom. The molecule has 1 aromatic carbocycles. The molecule has 1 aliphatic rings. The molecule has 0 aliphatic carbocycles. The van der Waals surface area contributed by atoms with Crippen LogP contribution in [0.3, 0.4) is 0 Å². The Kier molecular flexibility index (Phi) is 2.56. The normalized spacial score (nSPS) is 22.2. The van der Waals surface area contributed by atoms with Gasteiger partial charge in [-0.15, -0.1) is 0 Å². The van der Waals surface area contributed by atoms with Crippen molar-refractivity contribution >= 4 is 11.6 Å². The van der Waals surface area contributed by atoms with Crippen molar-refractivity contribution in [3.8, 4) is 0 Å². The first-order valence-electron chi connectivity index (χ1n) is 4.77. The number of hydrogen-bond acceptors (Lipinski definition) is 1. The number of hydrogen-bond donors (Lipinski definition) is 1. The highest BCUT2D eigenvalue weighted by Crippen LogP contribution is 2.30. The van der Waals surface area contributed by atoms with E-state index in [0.29, 0.717) is 6.04 Å². The minimum Gasteiger partial charge on any atom is -0.310 e. The Hall–Kier alpha value is -0.530. The summed E-state index contributed by atoms with van der Waals surface area (Å²) in [5.74, 6) is 0. The van der Waals surface area contributed by atoms with Crippen molar-refractivity contribution in [1.82, 2.24) is 5.32 Å². The highest BCUT2D eigenvalue weighted by atomic mass is 35.5. The molecule has 0 spiro atoms. The molecule has 1 fully saturated rings. The van der Waals surface area contributed by atoms with Crippen molar-refractivity contribution in [2.75, 3.05) is 6.54 Å². The molecule has 1 heterocycles. The molecule has 0 bridgehead atoms. The van der Waals surface area contributed by atoms with Crippen LogP contribution >= 0.6 is 11.6 Å². The summed E-state index contributed by atoms with van der Waals surface area (Å²) in [6.45, 7) is 3.18. The first-order chi connectivity index (χ1) is 6.29.